The number of carbonyl (C=O) groups is 1. The fourth-order valence-electron chi connectivity index (χ4n) is 2.93. The van der Waals surface area contributed by atoms with Crippen LogP contribution in [0, 0.1) is 11.3 Å². The molecule has 0 saturated carbocycles. The van der Waals surface area contributed by atoms with Gasteiger partial charge in [-0.2, -0.15) is 23.1 Å². The topological polar surface area (TPSA) is 99.3 Å². The van der Waals surface area contributed by atoms with Crippen LogP contribution in [0.3, 0.4) is 0 Å². The molecule has 9 heteroatoms. The average Bonchev–Trinajstić information content (AvgIpc) is 3.19. The normalized spacial score (nSPS) is 23.7. The molecule has 22 heavy (non-hydrogen) atoms. The van der Waals surface area contributed by atoms with Gasteiger partial charge in [-0.15, -0.1) is 0 Å². The summed E-state index contributed by atoms with van der Waals surface area (Å²) in [5.74, 6) is -0.467. The summed E-state index contributed by atoms with van der Waals surface area (Å²) >= 11 is 0. The molecule has 0 aromatic carbocycles. The largest absolute Gasteiger partial charge is 0.306 e. The lowest BCUT2D eigenvalue weighted by Crippen LogP contribution is -2.50. The molecule has 2 fully saturated rings. The molecule has 1 aromatic rings. The maximum Gasteiger partial charge on any atom is 0.306 e. The Morgan fingerprint density at radius 3 is 2.59 bits per heavy atom. The molecule has 1 unspecified atom stereocenters. The average molecular weight is 323 g/mol. The van der Waals surface area contributed by atoms with Crippen LogP contribution in [0.4, 0.5) is 0 Å². The maximum atomic E-state index is 12.6. The monoisotopic (exact) mass is 323 g/mol. The van der Waals surface area contributed by atoms with Gasteiger partial charge in [0.2, 0.25) is 0 Å². The standard InChI is InChI=1S/C13H17N5O3S/c14-8-11-9-15-17(10-11)12-4-3-7-18(13(12)19)22(20,21)16-5-1-2-6-16/h9-10,12H,1-7H2. The van der Waals surface area contributed by atoms with E-state index >= 15 is 0 Å². The Balaban J connectivity index is 1.85. The van der Waals surface area contributed by atoms with E-state index in [1.807, 2.05) is 6.07 Å². The molecule has 0 radical (unpaired) electrons. The number of carbonyl (C=O) groups excluding carboxylic acids is 1. The van der Waals surface area contributed by atoms with Crippen molar-refractivity contribution in [3.05, 3.63) is 18.0 Å². The molecule has 3 heterocycles. The van der Waals surface area contributed by atoms with Gasteiger partial charge in [-0.1, -0.05) is 0 Å². The third-order valence-electron chi connectivity index (χ3n) is 4.09. The first kappa shape index (κ1) is 15.0. The second-order valence-electron chi connectivity index (χ2n) is 5.50. The van der Waals surface area contributed by atoms with Crippen LogP contribution in [0.2, 0.25) is 0 Å². The van der Waals surface area contributed by atoms with Gasteiger partial charge >= 0.3 is 10.2 Å². The van der Waals surface area contributed by atoms with Crippen LogP contribution in [-0.4, -0.2) is 52.4 Å². The quantitative estimate of drug-likeness (QED) is 0.794. The summed E-state index contributed by atoms with van der Waals surface area (Å²) in [6.45, 7) is 1.15. The molecule has 1 atom stereocenters. The van der Waals surface area contributed by atoms with Crippen molar-refractivity contribution in [1.82, 2.24) is 18.4 Å². The molecule has 2 aliphatic rings. The summed E-state index contributed by atoms with van der Waals surface area (Å²) in [6.07, 6.45) is 5.63. The SMILES string of the molecule is N#Cc1cnn(C2CCCN(S(=O)(=O)N3CCCC3)C2=O)c1. The summed E-state index contributed by atoms with van der Waals surface area (Å²) in [4.78, 5) is 12.6. The molecule has 0 bridgehead atoms. The highest BCUT2D eigenvalue weighted by Gasteiger charge is 2.41. The summed E-state index contributed by atoms with van der Waals surface area (Å²) in [5.41, 5.74) is 0.354. The van der Waals surface area contributed by atoms with Gasteiger partial charge in [-0.25, -0.2) is 4.31 Å². The van der Waals surface area contributed by atoms with Gasteiger partial charge in [0, 0.05) is 25.8 Å². The Labute approximate surface area is 129 Å². The maximum absolute atomic E-state index is 12.6. The Morgan fingerprint density at radius 1 is 1.23 bits per heavy atom. The molecule has 3 rings (SSSR count). The van der Waals surface area contributed by atoms with Gasteiger partial charge in [0.1, 0.15) is 12.1 Å². The molecular weight excluding hydrogens is 306 g/mol. The Morgan fingerprint density at radius 2 is 1.95 bits per heavy atom. The van der Waals surface area contributed by atoms with E-state index in [-0.39, 0.29) is 6.54 Å². The molecule has 1 amide bonds. The minimum Gasteiger partial charge on any atom is -0.271 e. The van der Waals surface area contributed by atoms with Crippen LogP contribution in [0.15, 0.2) is 12.4 Å². The predicted molar refractivity (Wildman–Crippen MR) is 76.7 cm³/mol. The van der Waals surface area contributed by atoms with Gasteiger partial charge in [0.05, 0.1) is 11.8 Å². The van der Waals surface area contributed by atoms with Crippen LogP contribution in [0.1, 0.15) is 37.3 Å². The summed E-state index contributed by atoms with van der Waals surface area (Å²) in [7, 11) is -3.74. The summed E-state index contributed by atoms with van der Waals surface area (Å²) in [6, 6.07) is 1.29. The third kappa shape index (κ3) is 2.48. The van der Waals surface area contributed by atoms with Crippen LogP contribution in [0.25, 0.3) is 0 Å². The first-order chi connectivity index (χ1) is 10.5. The van der Waals surface area contributed by atoms with Crippen LogP contribution < -0.4 is 0 Å². The van der Waals surface area contributed by atoms with E-state index in [1.165, 1.54) is 21.4 Å². The molecule has 0 spiro atoms. The third-order valence-corrected chi connectivity index (χ3v) is 6.03. The molecule has 8 nitrogen and oxygen atoms in total. The molecule has 2 saturated heterocycles. The van der Waals surface area contributed by atoms with Gasteiger partial charge in [-0.3, -0.25) is 9.48 Å². The number of hydrogen-bond acceptors (Lipinski definition) is 5. The smallest absolute Gasteiger partial charge is 0.271 e. The fraction of sp³-hybridized carbons (Fsp3) is 0.615. The number of hydrogen-bond donors (Lipinski definition) is 0. The number of nitriles is 1. The Hall–Kier alpha value is -1.92. The molecular formula is C13H17N5O3S. The Bertz CT molecular complexity index is 714. The first-order valence-electron chi connectivity index (χ1n) is 7.30. The highest BCUT2D eigenvalue weighted by molar-refractivity contribution is 7.87. The molecule has 1 aromatic heterocycles. The van der Waals surface area contributed by atoms with E-state index in [0.717, 1.165) is 17.1 Å². The number of rotatable bonds is 3. The molecule has 118 valence electrons. The summed E-state index contributed by atoms with van der Waals surface area (Å²) in [5, 5.41) is 12.9. The Kier molecular flexibility index (Phi) is 3.88. The minimum atomic E-state index is -3.74. The zero-order chi connectivity index (χ0) is 15.7. The van der Waals surface area contributed by atoms with Crippen molar-refractivity contribution >= 4 is 16.1 Å². The zero-order valence-electron chi connectivity index (χ0n) is 12.1. The van der Waals surface area contributed by atoms with Crippen LogP contribution in [-0.2, 0) is 15.0 Å². The highest BCUT2D eigenvalue weighted by atomic mass is 32.2. The first-order valence-corrected chi connectivity index (χ1v) is 8.69. The van der Waals surface area contributed by atoms with Crippen molar-refractivity contribution in [3.63, 3.8) is 0 Å². The zero-order valence-corrected chi connectivity index (χ0v) is 12.9. The number of nitrogens with zero attached hydrogens (tertiary/aromatic N) is 5. The van der Waals surface area contributed by atoms with Crippen molar-refractivity contribution in [2.24, 2.45) is 0 Å². The van der Waals surface area contributed by atoms with Gasteiger partial charge in [0.15, 0.2) is 0 Å². The van der Waals surface area contributed by atoms with Gasteiger partial charge in [-0.05, 0) is 25.7 Å². The predicted octanol–water partition coefficient (Wildman–Crippen LogP) is 0.259. The van der Waals surface area contributed by atoms with Crippen molar-refractivity contribution in [1.29, 1.82) is 5.26 Å². The highest BCUT2D eigenvalue weighted by Crippen LogP contribution is 2.27. The fourth-order valence-corrected chi connectivity index (χ4v) is 4.63. The van der Waals surface area contributed by atoms with E-state index in [4.69, 9.17) is 5.26 Å². The lowest BCUT2D eigenvalue weighted by molar-refractivity contribution is -0.132. The van der Waals surface area contributed by atoms with E-state index < -0.39 is 22.2 Å². The second kappa shape index (κ2) is 5.70. The minimum absolute atomic E-state index is 0.209. The van der Waals surface area contributed by atoms with E-state index in [9.17, 15) is 13.2 Å². The van der Waals surface area contributed by atoms with E-state index in [2.05, 4.69) is 5.10 Å². The summed E-state index contributed by atoms with van der Waals surface area (Å²) < 4.78 is 28.9. The number of piperidine rings is 1. The van der Waals surface area contributed by atoms with Crippen LogP contribution in [0.5, 0.6) is 0 Å². The van der Waals surface area contributed by atoms with Crippen LogP contribution >= 0.6 is 0 Å². The molecule has 2 aliphatic heterocycles. The van der Waals surface area contributed by atoms with Crippen molar-refractivity contribution in [2.45, 2.75) is 31.7 Å². The lowest BCUT2D eigenvalue weighted by Gasteiger charge is -2.33. The van der Waals surface area contributed by atoms with Crippen molar-refractivity contribution in [2.75, 3.05) is 19.6 Å². The van der Waals surface area contributed by atoms with E-state index in [0.29, 0.717) is 31.5 Å². The lowest BCUT2D eigenvalue weighted by atomic mass is 10.1. The molecule has 0 N–H and O–H groups in total. The van der Waals surface area contributed by atoms with Crippen molar-refractivity contribution < 1.29 is 13.2 Å². The number of amides is 1. The second-order valence-corrected chi connectivity index (χ2v) is 7.36. The van der Waals surface area contributed by atoms with Gasteiger partial charge in [0.25, 0.3) is 5.91 Å². The number of aromatic nitrogens is 2. The van der Waals surface area contributed by atoms with E-state index in [1.54, 1.807) is 0 Å². The van der Waals surface area contributed by atoms with Gasteiger partial charge < -0.3 is 0 Å². The molecule has 0 aliphatic carbocycles. The van der Waals surface area contributed by atoms with Crippen molar-refractivity contribution in [3.8, 4) is 6.07 Å².